The largest absolute Gasteiger partial charge is 0.309 e. The third-order valence-corrected chi connectivity index (χ3v) is 14.1. The first kappa shape index (κ1) is 46.9. The maximum atomic E-state index is 9.93. The fraction of sp³-hybridized carbons (Fsp3) is 0.0294. The molecular weight excluding hydrogens is 943 g/mol. The van der Waals surface area contributed by atoms with Gasteiger partial charge in [0.2, 0.25) is 0 Å². The monoisotopic (exact) mass is 983 g/mol. The van der Waals surface area contributed by atoms with Crippen LogP contribution in [0.1, 0.15) is 38.9 Å². The van der Waals surface area contributed by atoms with Gasteiger partial charge in [-0.25, -0.2) is 15.0 Å². The van der Waals surface area contributed by atoms with Crippen molar-refractivity contribution < 1.29 is 0 Å². The van der Waals surface area contributed by atoms with E-state index < -0.39 is 0 Å². The summed E-state index contributed by atoms with van der Waals surface area (Å²) in [5, 5.41) is 41.7. The van der Waals surface area contributed by atoms with Gasteiger partial charge in [-0.2, -0.15) is 21.0 Å². The number of hydrogen-bond donors (Lipinski definition) is 0. The molecule has 358 valence electrons. The van der Waals surface area contributed by atoms with Gasteiger partial charge in [0.1, 0.15) is 0 Å². The number of nitriles is 4. The molecule has 0 aliphatic heterocycles. The molecule has 0 atom stereocenters. The van der Waals surface area contributed by atoms with Crippen LogP contribution in [0, 0.1) is 52.2 Å². The average Bonchev–Trinajstić information content (AvgIpc) is 3.86. The van der Waals surface area contributed by atoms with Gasteiger partial charge in [0, 0.05) is 51.0 Å². The first-order chi connectivity index (χ1) is 37.9. The fourth-order valence-electron chi connectivity index (χ4n) is 10.4. The van der Waals surface area contributed by atoms with Crippen LogP contribution in [0.15, 0.2) is 219 Å². The predicted octanol–water partition coefficient (Wildman–Crippen LogP) is 15.4. The molecule has 0 bridgehead atoms. The molecule has 0 N–H and O–H groups in total. The van der Waals surface area contributed by atoms with Crippen LogP contribution in [0.5, 0.6) is 0 Å². The van der Waals surface area contributed by atoms with Crippen LogP contribution < -0.4 is 0 Å². The Kier molecular flexibility index (Phi) is 12.2. The van der Waals surface area contributed by atoms with Crippen molar-refractivity contribution in [3.63, 3.8) is 0 Å². The van der Waals surface area contributed by atoms with E-state index in [1.54, 1.807) is 12.1 Å². The summed E-state index contributed by atoms with van der Waals surface area (Å²) in [6.45, 7) is 2.11. The van der Waals surface area contributed by atoms with Crippen molar-refractivity contribution in [2.75, 3.05) is 0 Å². The van der Waals surface area contributed by atoms with Crippen LogP contribution in [0.3, 0.4) is 0 Å². The van der Waals surface area contributed by atoms with Crippen molar-refractivity contribution in [3.8, 4) is 109 Å². The van der Waals surface area contributed by atoms with Crippen molar-refractivity contribution >= 4 is 21.8 Å². The maximum absolute atomic E-state index is 9.93. The van der Waals surface area contributed by atoms with Gasteiger partial charge in [0.25, 0.3) is 0 Å². The quantitative estimate of drug-likeness (QED) is 0.131. The van der Waals surface area contributed by atoms with E-state index in [9.17, 15) is 21.0 Å². The third-order valence-electron chi connectivity index (χ3n) is 14.1. The highest BCUT2D eigenvalue weighted by Gasteiger charge is 2.25. The lowest BCUT2D eigenvalue weighted by atomic mass is 9.87. The Bertz CT molecular complexity index is 4370. The highest BCUT2D eigenvalue weighted by Crippen LogP contribution is 2.44. The van der Waals surface area contributed by atoms with Crippen molar-refractivity contribution in [1.29, 1.82) is 21.0 Å². The number of para-hydroxylation sites is 1. The van der Waals surface area contributed by atoms with E-state index in [0.717, 1.165) is 105 Å². The Morgan fingerprint density at radius 1 is 0.390 bits per heavy atom. The number of aryl methyl sites for hydroxylation is 1. The van der Waals surface area contributed by atoms with Crippen molar-refractivity contribution in [3.05, 3.63) is 258 Å². The van der Waals surface area contributed by atoms with E-state index in [1.165, 1.54) is 0 Å². The molecule has 0 aliphatic carbocycles. The van der Waals surface area contributed by atoms with E-state index in [1.807, 2.05) is 128 Å². The number of pyridine rings is 1. The Morgan fingerprint density at radius 2 is 0.922 bits per heavy atom. The Hall–Kier alpha value is -11.1. The second-order valence-electron chi connectivity index (χ2n) is 18.8. The minimum atomic E-state index is 0.418. The van der Waals surface area contributed by atoms with Gasteiger partial charge in [-0.1, -0.05) is 133 Å². The minimum absolute atomic E-state index is 0.418. The van der Waals surface area contributed by atoms with E-state index in [-0.39, 0.29) is 0 Å². The zero-order valence-electron chi connectivity index (χ0n) is 41.5. The van der Waals surface area contributed by atoms with Crippen LogP contribution in [0.25, 0.3) is 106 Å². The molecule has 12 rings (SSSR count). The lowest BCUT2D eigenvalue weighted by Crippen LogP contribution is -2.05. The summed E-state index contributed by atoms with van der Waals surface area (Å²) >= 11 is 0. The molecule has 0 saturated heterocycles. The van der Waals surface area contributed by atoms with Gasteiger partial charge in [0.05, 0.1) is 63.3 Å². The molecule has 0 saturated carbocycles. The molecular formula is C68H41N9. The molecule has 0 radical (unpaired) electrons. The number of nitrogens with zero attached hydrogens (tertiary/aromatic N) is 9. The third kappa shape index (κ3) is 8.90. The highest BCUT2D eigenvalue weighted by atomic mass is 15.0. The zero-order valence-corrected chi connectivity index (χ0v) is 41.5. The number of fused-ring (bicyclic) bond motifs is 3. The number of aromatic nitrogens is 5. The SMILES string of the molecule is Cc1ccccc1-c1cc(-c2cc(C#N)cc(C#N)c2)ccc1Cc1ccncc1-c1c(-c2nc(-c3ccccc3)nc(-c3ccccc3)n2)cccc1-n1c2ccccc2c2cc(-c3cc(C#N)cc(C#N)c3)ccc21. The number of rotatable bonds is 10. The molecule has 3 heterocycles. The summed E-state index contributed by atoms with van der Waals surface area (Å²) < 4.78 is 2.30. The summed E-state index contributed by atoms with van der Waals surface area (Å²) in [6.07, 6.45) is 4.28. The molecule has 0 fully saturated rings. The summed E-state index contributed by atoms with van der Waals surface area (Å²) in [5.41, 5.74) is 17.3. The van der Waals surface area contributed by atoms with E-state index >= 15 is 0 Å². The number of benzene rings is 9. The molecule has 0 amide bonds. The normalized spacial score (nSPS) is 10.9. The Morgan fingerprint density at radius 3 is 1.56 bits per heavy atom. The van der Waals surface area contributed by atoms with Gasteiger partial charge >= 0.3 is 0 Å². The van der Waals surface area contributed by atoms with Gasteiger partial charge in [0.15, 0.2) is 17.5 Å². The van der Waals surface area contributed by atoms with Crippen molar-refractivity contribution in [1.82, 2.24) is 24.5 Å². The molecule has 9 aromatic carbocycles. The molecule has 9 nitrogen and oxygen atoms in total. The Labute approximate surface area is 444 Å². The van der Waals surface area contributed by atoms with Gasteiger partial charge in [-0.15, -0.1) is 0 Å². The lowest BCUT2D eigenvalue weighted by molar-refractivity contribution is 1.07. The van der Waals surface area contributed by atoms with Gasteiger partial charge in [-0.05, 0) is 136 Å². The van der Waals surface area contributed by atoms with Crippen molar-refractivity contribution in [2.24, 2.45) is 0 Å². The topological polar surface area (TPSA) is 152 Å². The summed E-state index contributed by atoms with van der Waals surface area (Å²) in [6, 6.07) is 77.1. The van der Waals surface area contributed by atoms with Crippen LogP contribution in [0.4, 0.5) is 0 Å². The molecule has 9 heteroatoms. The summed E-state index contributed by atoms with van der Waals surface area (Å²) in [4.78, 5) is 20.6. The van der Waals surface area contributed by atoms with Crippen LogP contribution >= 0.6 is 0 Å². The van der Waals surface area contributed by atoms with E-state index in [4.69, 9.17) is 19.9 Å². The second kappa shape index (κ2) is 20.1. The fourth-order valence-corrected chi connectivity index (χ4v) is 10.4. The molecule has 0 spiro atoms. The molecule has 0 unspecified atom stereocenters. The minimum Gasteiger partial charge on any atom is -0.309 e. The smallest absolute Gasteiger partial charge is 0.164 e. The lowest BCUT2D eigenvalue weighted by Gasteiger charge is -2.21. The van der Waals surface area contributed by atoms with E-state index in [0.29, 0.717) is 46.1 Å². The van der Waals surface area contributed by atoms with Crippen LogP contribution in [0.2, 0.25) is 0 Å². The standard InChI is InChI=1S/C68H41N9/c1-43-13-8-9-18-56(43)59-36-50(54-31-44(38-69)29-45(32-54)39-70)23-24-52(59)35-53-27-28-73-42-61(53)65-58(68-75-66(48-14-4-2-5-15-48)74-67(76-68)49-16-6-3-7-17-49)20-12-22-64(65)77-62-21-11-10-19-57(62)60-37-51(25-26-63(60)77)55-33-46(40-71)30-47(34-55)41-72/h2-34,36-37,42H,35H2,1H3. The zero-order chi connectivity index (χ0) is 52.4. The maximum Gasteiger partial charge on any atom is 0.164 e. The van der Waals surface area contributed by atoms with Gasteiger partial charge in [-0.3, -0.25) is 4.98 Å². The molecule has 77 heavy (non-hydrogen) atoms. The first-order valence-electron chi connectivity index (χ1n) is 25.0. The molecule has 12 aromatic rings. The summed E-state index contributed by atoms with van der Waals surface area (Å²) in [7, 11) is 0. The number of hydrogen-bond acceptors (Lipinski definition) is 8. The average molecular weight is 984 g/mol. The van der Waals surface area contributed by atoms with Crippen LogP contribution in [-0.2, 0) is 6.42 Å². The van der Waals surface area contributed by atoms with Crippen molar-refractivity contribution in [2.45, 2.75) is 13.3 Å². The molecule has 3 aromatic heterocycles. The van der Waals surface area contributed by atoms with Crippen LogP contribution in [-0.4, -0.2) is 24.5 Å². The first-order valence-corrected chi connectivity index (χ1v) is 25.0. The molecule has 0 aliphatic rings. The highest BCUT2D eigenvalue weighted by molar-refractivity contribution is 6.11. The predicted molar refractivity (Wildman–Crippen MR) is 303 cm³/mol. The van der Waals surface area contributed by atoms with E-state index in [2.05, 4.69) is 115 Å². The summed E-state index contributed by atoms with van der Waals surface area (Å²) in [5.74, 6) is 1.55. The Balaban J connectivity index is 1.12. The van der Waals surface area contributed by atoms with Gasteiger partial charge < -0.3 is 4.57 Å². The second-order valence-corrected chi connectivity index (χ2v) is 18.8.